The predicted octanol–water partition coefficient (Wildman–Crippen LogP) is 5.36. The van der Waals surface area contributed by atoms with Crippen molar-refractivity contribution in [2.45, 2.75) is 25.7 Å². The Hall–Kier alpha value is -0.820. The second kappa shape index (κ2) is 8.58. The molecule has 0 fully saturated rings. The molecule has 0 heterocycles. The van der Waals surface area contributed by atoms with E-state index in [9.17, 15) is 0 Å². The fourth-order valence-corrected chi connectivity index (χ4v) is 2.74. The van der Waals surface area contributed by atoms with E-state index in [-0.39, 0.29) is 40.6 Å². The van der Waals surface area contributed by atoms with E-state index in [0.717, 1.165) is 25.7 Å². The summed E-state index contributed by atoms with van der Waals surface area (Å²) >= 11 is 0. The molecule has 4 aliphatic rings. The molecule has 0 atom stereocenters. The fraction of sp³-hybridized carbons (Fsp3) is 0.200. The summed E-state index contributed by atoms with van der Waals surface area (Å²) < 4.78 is 0. The van der Waals surface area contributed by atoms with E-state index in [1.807, 2.05) is 0 Å². The zero-order valence-electron chi connectivity index (χ0n) is 14.5. The first-order chi connectivity index (χ1) is 9.93. The standard InChI is InChI=1S/2C10H10.Ca.2H/c2*1-2-6-9(5-1)10-7-3-4-8-10;;;/h2*1-5,7H,6,8H2;;;/q;;+2;2*-1. The molecule has 0 aromatic carbocycles. The second-order valence-electron chi connectivity index (χ2n) is 5.30. The van der Waals surface area contributed by atoms with Gasteiger partial charge < -0.3 is 2.85 Å². The van der Waals surface area contributed by atoms with Crippen molar-refractivity contribution in [3.8, 4) is 0 Å². The monoisotopic (exact) mass is 302 g/mol. The molecule has 0 spiro atoms. The van der Waals surface area contributed by atoms with Gasteiger partial charge in [-0.1, -0.05) is 72.9 Å². The quantitative estimate of drug-likeness (QED) is 0.602. The molecule has 0 aromatic heterocycles. The zero-order valence-corrected chi connectivity index (χ0v) is 14.7. The first kappa shape index (κ1) is 16.5. The molecule has 0 saturated carbocycles. The van der Waals surface area contributed by atoms with E-state index in [2.05, 4.69) is 72.9 Å². The first-order valence-corrected chi connectivity index (χ1v) is 7.37. The number of hydrogen-bond donors (Lipinski definition) is 0. The van der Waals surface area contributed by atoms with Crippen molar-refractivity contribution in [3.05, 3.63) is 95.2 Å². The van der Waals surface area contributed by atoms with E-state index in [4.69, 9.17) is 0 Å². The zero-order chi connectivity index (χ0) is 13.6. The maximum absolute atomic E-state index is 2.21. The van der Waals surface area contributed by atoms with Crippen LogP contribution in [0.25, 0.3) is 0 Å². The van der Waals surface area contributed by atoms with Crippen molar-refractivity contribution >= 4 is 37.7 Å². The summed E-state index contributed by atoms with van der Waals surface area (Å²) in [5, 5.41) is 0. The van der Waals surface area contributed by atoms with Gasteiger partial charge in [-0.05, 0) is 48.0 Å². The minimum absolute atomic E-state index is 0. The number of hydrogen-bond acceptors (Lipinski definition) is 0. The summed E-state index contributed by atoms with van der Waals surface area (Å²) in [5.74, 6) is 0. The van der Waals surface area contributed by atoms with Gasteiger partial charge >= 0.3 is 37.7 Å². The van der Waals surface area contributed by atoms with Crippen LogP contribution < -0.4 is 0 Å². The third-order valence-electron chi connectivity index (χ3n) is 3.91. The van der Waals surface area contributed by atoms with Crippen LogP contribution in [0.1, 0.15) is 28.5 Å². The molecular weight excluding hydrogens is 280 g/mol. The summed E-state index contributed by atoms with van der Waals surface area (Å²) in [5.41, 5.74) is 5.96. The van der Waals surface area contributed by atoms with Gasteiger partial charge in [0.1, 0.15) is 0 Å². The van der Waals surface area contributed by atoms with Crippen molar-refractivity contribution in [1.82, 2.24) is 0 Å². The van der Waals surface area contributed by atoms with Crippen LogP contribution in [-0.4, -0.2) is 37.7 Å². The maximum atomic E-state index is 2.21. The SMILES string of the molecule is C1=CCC(C2=CC=CC2)=C1.C1=CCC(C2=CC=CC2)=C1.[Ca+2].[H-].[H-]. The Kier molecular flexibility index (Phi) is 6.76. The molecule has 0 amide bonds. The Morgan fingerprint density at radius 2 is 0.714 bits per heavy atom. The maximum Gasteiger partial charge on any atom is 2.00 e. The van der Waals surface area contributed by atoms with Gasteiger partial charge in [0.05, 0.1) is 0 Å². The van der Waals surface area contributed by atoms with Crippen molar-refractivity contribution < 1.29 is 2.85 Å². The molecule has 0 radical (unpaired) electrons. The van der Waals surface area contributed by atoms with E-state index in [1.54, 1.807) is 0 Å². The molecule has 0 bridgehead atoms. The fourth-order valence-electron chi connectivity index (χ4n) is 2.74. The van der Waals surface area contributed by atoms with Gasteiger partial charge in [-0.3, -0.25) is 0 Å². The molecule has 0 aliphatic heterocycles. The summed E-state index contributed by atoms with van der Waals surface area (Å²) in [6, 6.07) is 0. The Morgan fingerprint density at radius 3 is 0.857 bits per heavy atom. The Bertz CT molecular complexity index is 514. The van der Waals surface area contributed by atoms with Crippen LogP contribution in [0.2, 0.25) is 0 Å². The van der Waals surface area contributed by atoms with Gasteiger partial charge in [0, 0.05) is 0 Å². The van der Waals surface area contributed by atoms with Crippen LogP contribution in [-0.2, 0) is 0 Å². The van der Waals surface area contributed by atoms with Crippen LogP contribution in [0, 0.1) is 0 Å². The van der Waals surface area contributed by atoms with E-state index in [1.165, 1.54) is 22.3 Å². The topological polar surface area (TPSA) is 0 Å². The Balaban J connectivity index is 0.000000372. The summed E-state index contributed by atoms with van der Waals surface area (Å²) in [7, 11) is 0. The molecule has 0 aromatic rings. The minimum atomic E-state index is 0. The molecule has 0 unspecified atom stereocenters. The molecule has 0 nitrogen and oxygen atoms in total. The van der Waals surface area contributed by atoms with Gasteiger partial charge in [-0.15, -0.1) is 0 Å². The summed E-state index contributed by atoms with van der Waals surface area (Å²) in [4.78, 5) is 0. The first-order valence-electron chi connectivity index (χ1n) is 7.37. The summed E-state index contributed by atoms with van der Waals surface area (Å²) in [6.45, 7) is 0. The second-order valence-corrected chi connectivity index (χ2v) is 5.30. The molecule has 104 valence electrons. The van der Waals surface area contributed by atoms with E-state index < -0.39 is 0 Å². The third-order valence-corrected chi connectivity index (χ3v) is 3.91. The molecule has 0 saturated heterocycles. The molecule has 0 N–H and O–H groups in total. The molecular formula is C20H22Ca. The number of rotatable bonds is 2. The molecule has 21 heavy (non-hydrogen) atoms. The molecule has 4 rings (SSSR count). The Labute approximate surface area is 160 Å². The Morgan fingerprint density at radius 1 is 0.476 bits per heavy atom. The van der Waals surface area contributed by atoms with Gasteiger partial charge in [-0.2, -0.15) is 0 Å². The van der Waals surface area contributed by atoms with Crippen molar-refractivity contribution in [2.75, 3.05) is 0 Å². The van der Waals surface area contributed by atoms with E-state index >= 15 is 0 Å². The van der Waals surface area contributed by atoms with Crippen LogP contribution in [0.15, 0.2) is 95.2 Å². The van der Waals surface area contributed by atoms with Gasteiger partial charge in [-0.25, -0.2) is 0 Å². The minimum Gasteiger partial charge on any atom is -1.00 e. The van der Waals surface area contributed by atoms with Crippen molar-refractivity contribution in [2.24, 2.45) is 0 Å². The van der Waals surface area contributed by atoms with E-state index in [0.29, 0.717) is 0 Å². The van der Waals surface area contributed by atoms with Crippen LogP contribution in [0.3, 0.4) is 0 Å². The predicted molar refractivity (Wildman–Crippen MR) is 95.3 cm³/mol. The number of allylic oxidation sites excluding steroid dienone is 16. The van der Waals surface area contributed by atoms with Crippen LogP contribution >= 0.6 is 0 Å². The third kappa shape index (κ3) is 4.57. The average molecular weight is 302 g/mol. The average Bonchev–Trinajstić information content (AvgIpc) is 3.29. The summed E-state index contributed by atoms with van der Waals surface area (Å²) in [6.07, 6.45) is 30.7. The molecule has 1 heteroatoms. The van der Waals surface area contributed by atoms with Gasteiger partial charge in [0.2, 0.25) is 0 Å². The molecule has 4 aliphatic carbocycles. The van der Waals surface area contributed by atoms with Gasteiger partial charge in [0.25, 0.3) is 0 Å². The van der Waals surface area contributed by atoms with Crippen molar-refractivity contribution in [3.63, 3.8) is 0 Å². The largest absolute Gasteiger partial charge is 2.00 e. The van der Waals surface area contributed by atoms with Crippen LogP contribution in [0.4, 0.5) is 0 Å². The van der Waals surface area contributed by atoms with Gasteiger partial charge in [0.15, 0.2) is 0 Å². The normalized spacial score (nSPS) is 20.6. The van der Waals surface area contributed by atoms with Crippen LogP contribution in [0.5, 0.6) is 0 Å². The smallest absolute Gasteiger partial charge is 1.00 e. The van der Waals surface area contributed by atoms with Crippen molar-refractivity contribution in [1.29, 1.82) is 0 Å².